The Balaban J connectivity index is 0.00000243. The smallest absolute Gasteiger partial charge is 0.219 e. The fourth-order valence-corrected chi connectivity index (χ4v) is 3.00. The van der Waals surface area contributed by atoms with Crippen molar-refractivity contribution in [3.05, 3.63) is 95.6 Å². The van der Waals surface area contributed by atoms with E-state index in [1.807, 2.05) is 6.07 Å². The lowest BCUT2D eigenvalue weighted by Gasteiger charge is -2.13. The van der Waals surface area contributed by atoms with Gasteiger partial charge in [0.1, 0.15) is 7.05 Å². The van der Waals surface area contributed by atoms with Crippen LogP contribution in [-0.4, -0.2) is 31.9 Å². The largest absolute Gasteiger partial charge is 1.00 e. The van der Waals surface area contributed by atoms with Gasteiger partial charge >= 0.3 is 0 Å². The molecule has 0 N–H and O–H groups in total. The van der Waals surface area contributed by atoms with E-state index in [2.05, 4.69) is 110 Å². The Hall–Kier alpha value is -2.58. The highest BCUT2D eigenvalue weighted by Crippen LogP contribution is 2.25. The monoisotopic (exact) mass is 364 g/mol. The van der Waals surface area contributed by atoms with Gasteiger partial charge in [-0.05, 0) is 42.8 Å². The number of hydrogen-bond donors (Lipinski definition) is 0. The van der Waals surface area contributed by atoms with Gasteiger partial charge in [-0.15, -0.1) is 0 Å². The maximum Gasteiger partial charge on any atom is 0.219 e. The number of nitrogens with zero attached hydrogens (tertiary/aromatic N) is 2. The van der Waals surface area contributed by atoms with E-state index >= 15 is 0 Å². The van der Waals surface area contributed by atoms with Gasteiger partial charge in [-0.25, -0.2) is 0 Å². The molecule has 0 saturated heterocycles. The van der Waals surface area contributed by atoms with Crippen LogP contribution in [0.5, 0.6) is 0 Å². The number of anilines is 1. The molecule has 26 heavy (non-hydrogen) atoms. The third-order valence-electron chi connectivity index (χ3n) is 4.29. The van der Waals surface area contributed by atoms with Crippen molar-refractivity contribution in [3.8, 4) is 0 Å². The average molecular weight is 365 g/mol. The van der Waals surface area contributed by atoms with Crippen LogP contribution in [0, 0.1) is 0 Å². The number of allylic oxidation sites excluding steroid dienone is 5. The van der Waals surface area contributed by atoms with Crippen LogP contribution in [0.3, 0.4) is 0 Å². The summed E-state index contributed by atoms with van der Waals surface area (Å²) in [6, 6.07) is 19.2. The molecule has 2 nitrogen and oxygen atoms in total. The van der Waals surface area contributed by atoms with E-state index in [4.69, 9.17) is 0 Å². The molecular weight excluding hydrogens is 340 g/mol. The summed E-state index contributed by atoms with van der Waals surface area (Å²) in [6.45, 7) is 0. The third-order valence-corrected chi connectivity index (χ3v) is 4.29. The molecule has 0 aromatic heterocycles. The predicted octanol–water partition coefficient (Wildman–Crippen LogP) is 1.75. The molecule has 0 amide bonds. The quantitative estimate of drug-likeness (QED) is 0.591. The van der Waals surface area contributed by atoms with Gasteiger partial charge in [0.15, 0.2) is 6.21 Å². The van der Waals surface area contributed by atoms with Crippen molar-refractivity contribution in [2.45, 2.75) is 6.42 Å². The summed E-state index contributed by atoms with van der Waals surface area (Å²) in [5, 5.41) is 0. The van der Waals surface area contributed by atoms with Crippen molar-refractivity contribution in [2.75, 3.05) is 26.0 Å². The molecule has 0 heterocycles. The second-order valence-electron chi connectivity index (χ2n) is 6.44. The van der Waals surface area contributed by atoms with E-state index in [0.717, 1.165) is 6.42 Å². The highest BCUT2D eigenvalue weighted by Gasteiger charge is 2.17. The van der Waals surface area contributed by atoms with Crippen LogP contribution in [0.25, 0.3) is 5.70 Å². The maximum absolute atomic E-state index is 2.22. The van der Waals surface area contributed by atoms with Crippen molar-refractivity contribution in [2.24, 2.45) is 0 Å². The molecule has 1 aliphatic carbocycles. The first kappa shape index (κ1) is 19.7. The summed E-state index contributed by atoms with van der Waals surface area (Å²) in [6.07, 6.45) is 12.0. The van der Waals surface area contributed by atoms with Crippen LogP contribution in [0.4, 0.5) is 5.69 Å². The van der Waals surface area contributed by atoms with E-state index in [1.54, 1.807) is 0 Å². The molecule has 0 radical (unpaired) electrons. The summed E-state index contributed by atoms with van der Waals surface area (Å²) < 4.78 is 2.22. The second-order valence-corrected chi connectivity index (χ2v) is 6.44. The number of rotatable bonds is 4. The topological polar surface area (TPSA) is 6.25 Å². The number of benzene rings is 2. The zero-order valence-corrected chi connectivity index (χ0v) is 16.3. The van der Waals surface area contributed by atoms with Crippen molar-refractivity contribution in [1.29, 1.82) is 0 Å². The Morgan fingerprint density at radius 1 is 0.923 bits per heavy atom. The third kappa shape index (κ3) is 4.74. The fraction of sp³-hybridized carbons (Fsp3) is 0.174. The zero-order valence-electron chi connectivity index (χ0n) is 15.6. The Labute approximate surface area is 162 Å². The van der Waals surface area contributed by atoms with Gasteiger partial charge < -0.3 is 17.3 Å². The van der Waals surface area contributed by atoms with Crippen molar-refractivity contribution in [1.82, 2.24) is 0 Å². The standard InChI is InChI=1S/C23H25N2.ClH/c1-24(2)22-16-14-21(15-17-22)23(20-12-8-5-9-13-20)25(3)18-19-10-6-4-7-11-19;/h4,6-18H,5H2,1-3H3;1H/q+1;/p-1. The van der Waals surface area contributed by atoms with Crippen LogP contribution < -0.4 is 17.3 Å². The first-order valence-corrected chi connectivity index (χ1v) is 8.63. The van der Waals surface area contributed by atoms with Gasteiger partial charge in [0, 0.05) is 36.5 Å². The first-order valence-electron chi connectivity index (χ1n) is 8.63. The second kappa shape index (κ2) is 9.21. The number of hydrogen-bond acceptors (Lipinski definition) is 1. The summed E-state index contributed by atoms with van der Waals surface area (Å²) in [5.74, 6) is 0. The van der Waals surface area contributed by atoms with Gasteiger partial charge in [0.05, 0.1) is 0 Å². The molecule has 0 bridgehead atoms. The Morgan fingerprint density at radius 3 is 2.12 bits per heavy atom. The van der Waals surface area contributed by atoms with Crippen LogP contribution in [0.2, 0.25) is 0 Å². The van der Waals surface area contributed by atoms with E-state index in [9.17, 15) is 0 Å². The summed E-state index contributed by atoms with van der Waals surface area (Å²) in [5.41, 5.74) is 6.06. The van der Waals surface area contributed by atoms with Crippen LogP contribution >= 0.6 is 0 Å². The average Bonchev–Trinajstić information content (AvgIpc) is 2.64. The Bertz CT molecular complexity index is 828. The van der Waals surface area contributed by atoms with Crippen molar-refractivity contribution in [3.63, 3.8) is 0 Å². The maximum atomic E-state index is 2.22. The van der Waals surface area contributed by atoms with Crippen LogP contribution in [0.15, 0.2) is 84.5 Å². The fourth-order valence-electron chi connectivity index (χ4n) is 3.00. The summed E-state index contributed by atoms with van der Waals surface area (Å²) in [4.78, 5) is 2.12. The molecule has 0 unspecified atom stereocenters. The van der Waals surface area contributed by atoms with E-state index in [-0.39, 0.29) is 12.4 Å². The Morgan fingerprint density at radius 2 is 1.54 bits per heavy atom. The van der Waals surface area contributed by atoms with Gasteiger partial charge in [-0.1, -0.05) is 42.5 Å². The minimum absolute atomic E-state index is 0. The van der Waals surface area contributed by atoms with Crippen LogP contribution in [0.1, 0.15) is 17.5 Å². The highest BCUT2D eigenvalue weighted by molar-refractivity contribution is 5.79. The molecule has 3 rings (SSSR count). The van der Waals surface area contributed by atoms with E-state index < -0.39 is 0 Å². The van der Waals surface area contributed by atoms with Gasteiger partial charge in [0.25, 0.3) is 0 Å². The zero-order chi connectivity index (χ0) is 17.6. The summed E-state index contributed by atoms with van der Waals surface area (Å²) >= 11 is 0. The lowest BCUT2D eigenvalue weighted by atomic mass is 10.0. The normalized spacial score (nSPS) is 13.3. The molecule has 134 valence electrons. The molecular formula is C23H25ClN2. The molecule has 0 fully saturated rings. The lowest BCUT2D eigenvalue weighted by molar-refractivity contribution is -0.390. The first-order chi connectivity index (χ1) is 12.1. The molecule has 0 aliphatic heterocycles. The minimum Gasteiger partial charge on any atom is -1.00 e. The van der Waals surface area contributed by atoms with Gasteiger partial charge in [0.2, 0.25) is 5.70 Å². The molecule has 3 heteroatoms. The highest BCUT2D eigenvalue weighted by atomic mass is 35.5. The van der Waals surface area contributed by atoms with Crippen LogP contribution in [-0.2, 0) is 0 Å². The van der Waals surface area contributed by atoms with Crippen molar-refractivity contribution >= 4 is 17.6 Å². The lowest BCUT2D eigenvalue weighted by Crippen LogP contribution is -3.00. The molecule has 1 aliphatic rings. The number of halogens is 1. The van der Waals surface area contributed by atoms with E-state index in [0.29, 0.717) is 0 Å². The SMILES string of the molecule is CN(C)c1ccc(C(=C2C=CCC=C2)[N+](C)=Cc2ccccc2)cc1.[Cl-]. The van der Waals surface area contributed by atoms with E-state index in [1.165, 1.54) is 28.1 Å². The van der Waals surface area contributed by atoms with Crippen molar-refractivity contribution < 1.29 is 17.0 Å². The predicted molar refractivity (Wildman–Crippen MR) is 108 cm³/mol. The molecule has 0 atom stereocenters. The minimum atomic E-state index is 0. The van der Waals surface area contributed by atoms with Gasteiger partial charge in [-0.2, -0.15) is 4.58 Å². The molecule has 0 saturated carbocycles. The molecule has 2 aromatic carbocycles. The summed E-state index contributed by atoms with van der Waals surface area (Å²) in [7, 11) is 6.25. The Kier molecular flexibility index (Phi) is 6.99. The van der Waals surface area contributed by atoms with Gasteiger partial charge in [-0.3, -0.25) is 0 Å². The molecule has 2 aromatic rings. The molecule has 0 spiro atoms.